The van der Waals surface area contributed by atoms with Crippen LogP contribution in [0.15, 0.2) is 18.5 Å². The maximum absolute atomic E-state index is 12.1. The fourth-order valence-corrected chi connectivity index (χ4v) is 2.41. The SMILES string of the molecule is NCCCOC1CCN(C(=O)CCn2cccn2)CC1. The molecule has 0 saturated carbocycles. The molecule has 1 aromatic heterocycles. The van der Waals surface area contributed by atoms with Crippen molar-refractivity contribution < 1.29 is 9.53 Å². The predicted octanol–water partition coefficient (Wildman–Crippen LogP) is 0.630. The van der Waals surface area contributed by atoms with E-state index >= 15 is 0 Å². The lowest BCUT2D eigenvalue weighted by Crippen LogP contribution is -2.41. The van der Waals surface area contributed by atoms with Gasteiger partial charge in [0.25, 0.3) is 0 Å². The summed E-state index contributed by atoms with van der Waals surface area (Å²) in [4.78, 5) is 14.0. The van der Waals surface area contributed by atoms with Crippen molar-refractivity contribution in [3.63, 3.8) is 0 Å². The van der Waals surface area contributed by atoms with Gasteiger partial charge in [-0.05, 0) is 31.9 Å². The molecule has 0 bridgehead atoms. The van der Waals surface area contributed by atoms with E-state index < -0.39 is 0 Å². The van der Waals surface area contributed by atoms with Crippen molar-refractivity contribution in [3.8, 4) is 0 Å². The van der Waals surface area contributed by atoms with E-state index in [2.05, 4.69) is 5.10 Å². The zero-order chi connectivity index (χ0) is 14.2. The Balaban J connectivity index is 1.64. The molecule has 0 atom stereocenters. The number of carbonyl (C=O) groups is 1. The van der Waals surface area contributed by atoms with Crippen molar-refractivity contribution >= 4 is 5.91 Å². The van der Waals surface area contributed by atoms with E-state index in [1.54, 1.807) is 10.9 Å². The molecule has 1 saturated heterocycles. The lowest BCUT2D eigenvalue weighted by Gasteiger charge is -2.32. The van der Waals surface area contributed by atoms with Crippen LogP contribution < -0.4 is 5.73 Å². The molecule has 0 radical (unpaired) electrons. The zero-order valence-electron chi connectivity index (χ0n) is 11.9. The summed E-state index contributed by atoms with van der Waals surface area (Å²) >= 11 is 0. The van der Waals surface area contributed by atoms with Gasteiger partial charge < -0.3 is 15.4 Å². The summed E-state index contributed by atoms with van der Waals surface area (Å²) < 4.78 is 7.53. The van der Waals surface area contributed by atoms with Gasteiger partial charge in [0.2, 0.25) is 5.91 Å². The second kappa shape index (κ2) is 8.01. The molecule has 1 aliphatic heterocycles. The highest BCUT2D eigenvalue weighted by atomic mass is 16.5. The van der Waals surface area contributed by atoms with Crippen LogP contribution in [0.3, 0.4) is 0 Å². The average molecular weight is 280 g/mol. The summed E-state index contributed by atoms with van der Waals surface area (Å²) in [7, 11) is 0. The van der Waals surface area contributed by atoms with Gasteiger partial charge in [-0.2, -0.15) is 5.10 Å². The monoisotopic (exact) mass is 280 g/mol. The lowest BCUT2D eigenvalue weighted by molar-refractivity contribution is -0.134. The molecule has 2 N–H and O–H groups in total. The summed E-state index contributed by atoms with van der Waals surface area (Å²) in [5.74, 6) is 0.209. The van der Waals surface area contributed by atoms with E-state index in [4.69, 9.17) is 10.5 Å². The number of hydrogen-bond donors (Lipinski definition) is 1. The van der Waals surface area contributed by atoms with Gasteiger partial charge in [0, 0.05) is 45.1 Å². The Kier molecular flexibility index (Phi) is 6.01. The van der Waals surface area contributed by atoms with Crippen LogP contribution in [-0.2, 0) is 16.1 Å². The van der Waals surface area contributed by atoms with E-state index in [9.17, 15) is 4.79 Å². The molecule has 6 heteroatoms. The summed E-state index contributed by atoms with van der Waals surface area (Å²) in [5, 5.41) is 4.10. The molecule has 1 aromatic rings. The fraction of sp³-hybridized carbons (Fsp3) is 0.714. The predicted molar refractivity (Wildman–Crippen MR) is 76.1 cm³/mol. The number of piperidine rings is 1. The van der Waals surface area contributed by atoms with Gasteiger partial charge in [0.05, 0.1) is 6.10 Å². The lowest BCUT2D eigenvalue weighted by atomic mass is 10.1. The molecule has 2 heterocycles. The number of aromatic nitrogens is 2. The maximum Gasteiger partial charge on any atom is 0.224 e. The third-order valence-corrected chi connectivity index (χ3v) is 3.61. The van der Waals surface area contributed by atoms with Gasteiger partial charge in [-0.3, -0.25) is 9.48 Å². The topological polar surface area (TPSA) is 73.4 Å². The number of amides is 1. The van der Waals surface area contributed by atoms with Crippen molar-refractivity contribution in [1.29, 1.82) is 0 Å². The van der Waals surface area contributed by atoms with Crippen LogP contribution in [-0.4, -0.2) is 52.9 Å². The van der Waals surface area contributed by atoms with Gasteiger partial charge in [-0.1, -0.05) is 0 Å². The van der Waals surface area contributed by atoms with Gasteiger partial charge >= 0.3 is 0 Å². The molecule has 1 amide bonds. The highest BCUT2D eigenvalue weighted by Gasteiger charge is 2.22. The number of hydrogen-bond acceptors (Lipinski definition) is 4. The normalized spacial score (nSPS) is 16.6. The minimum Gasteiger partial charge on any atom is -0.378 e. The molecule has 0 aliphatic carbocycles. The quantitative estimate of drug-likeness (QED) is 0.743. The van der Waals surface area contributed by atoms with E-state index in [0.717, 1.165) is 39.0 Å². The first-order valence-corrected chi connectivity index (χ1v) is 7.36. The molecule has 2 rings (SSSR count). The van der Waals surface area contributed by atoms with Gasteiger partial charge in [0.1, 0.15) is 0 Å². The minimum atomic E-state index is 0.209. The van der Waals surface area contributed by atoms with Crippen LogP contribution in [0.5, 0.6) is 0 Å². The molecular weight excluding hydrogens is 256 g/mol. The molecule has 0 aromatic carbocycles. The van der Waals surface area contributed by atoms with Crippen LogP contribution in [0.25, 0.3) is 0 Å². The number of carbonyl (C=O) groups excluding carboxylic acids is 1. The summed E-state index contributed by atoms with van der Waals surface area (Å²) in [6.45, 7) is 3.65. The number of likely N-dealkylation sites (tertiary alicyclic amines) is 1. The molecule has 1 fully saturated rings. The molecule has 112 valence electrons. The van der Waals surface area contributed by atoms with Crippen molar-refractivity contribution in [2.24, 2.45) is 5.73 Å². The van der Waals surface area contributed by atoms with Crippen molar-refractivity contribution in [3.05, 3.63) is 18.5 Å². The number of nitrogens with two attached hydrogens (primary N) is 1. The number of nitrogens with zero attached hydrogens (tertiary/aromatic N) is 3. The van der Waals surface area contributed by atoms with E-state index in [0.29, 0.717) is 19.5 Å². The average Bonchev–Trinajstić information content (AvgIpc) is 2.99. The number of rotatable bonds is 7. The number of ether oxygens (including phenoxy) is 1. The molecule has 0 unspecified atom stereocenters. The summed E-state index contributed by atoms with van der Waals surface area (Å²) in [6, 6.07) is 1.87. The van der Waals surface area contributed by atoms with E-state index in [1.807, 2.05) is 17.2 Å². The van der Waals surface area contributed by atoms with Crippen LogP contribution in [0.2, 0.25) is 0 Å². The molecule has 20 heavy (non-hydrogen) atoms. The first-order chi connectivity index (χ1) is 9.79. The van der Waals surface area contributed by atoms with Crippen molar-refractivity contribution in [2.45, 2.75) is 38.3 Å². The Labute approximate surface area is 119 Å². The Hall–Kier alpha value is -1.40. The van der Waals surface area contributed by atoms with E-state index in [1.165, 1.54) is 0 Å². The van der Waals surface area contributed by atoms with Gasteiger partial charge in [-0.15, -0.1) is 0 Å². The first-order valence-electron chi connectivity index (χ1n) is 7.36. The first kappa shape index (κ1) is 15.0. The molecule has 1 aliphatic rings. The standard InChI is InChI=1S/C14H24N4O2/c15-6-1-12-20-13-3-9-17(10-4-13)14(19)5-11-18-8-2-7-16-18/h2,7-8,13H,1,3-6,9-12,15H2. The Morgan fingerprint density at radius 3 is 2.85 bits per heavy atom. The Bertz CT molecular complexity index is 386. The Morgan fingerprint density at radius 2 is 2.20 bits per heavy atom. The largest absolute Gasteiger partial charge is 0.378 e. The third kappa shape index (κ3) is 4.61. The molecular formula is C14H24N4O2. The van der Waals surface area contributed by atoms with Crippen LogP contribution in [0, 0.1) is 0 Å². The van der Waals surface area contributed by atoms with Crippen LogP contribution in [0.4, 0.5) is 0 Å². The molecule has 0 spiro atoms. The summed E-state index contributed by atoms with van der Waals surface area (Å²) in [5.41, 5.74) is 5.44. The highest BCUT2D eigenvalue weighted by molar-refractivity contribution is 5.76. The second-order valence-electron chi connectivity index (χ2n) is 5.11. The van der Waals surface area contributed by atoms with E-state index in [-0.39, 0.29) is 12.0 Å². The van der Waals surface area contributed by atoms with Crippen LogP contribution in [0.1, 0.15) is 25.7 Å². The van der Waals surface area contributed by atoms with Crippen molar-refractivity contribution in [2.75, 3.05) is 26.2 Å². The highest BCUT2D eigenvalue weighted by Crippen LogP contribution is 2.15. The van der Waals surface area contributed by atoms with Crippen molar-refractivity contribution in [1.82, 2.24) is 14.7 Å². The maximum atomic E-state index is 12.1. The fourth-order valence-electron chi connectivity index (χ4n) is 2.41. The van der Waals surface area contributed by atoms with Crippen LogP contribution >= 0.6 is 0 Å². The second-order valence-corrected chi connectivity index (χ2v) is 5.11. The minimum absolute atomic E-state index is 0.209. The Morgan fingerprint density at radius 1 is 1.40 bits per heavy atom. The number of aryl methyl sites for hydroxylation is 1. The molecule has 6 nitrogen and oxygen atoms in total. The third-order valence-electron chi connectivity index (χ3n) is 3.61. The smallest absolute Gasteiger partial charge is 0.224 e. The zero-order valence-corrected chi connectivity index (χ0v) is 11.9. The van der Waals surface area contributed by atoms with Gasteiger partial charge in [0.15, 0.2) is 0 Å². The van der Waals surface area contributed by atoms with Gasteiger partial charge in [-0.25, -0.2) is 0 Å². The summed E-state index contributed by atoms with van der Waals surface area (Å²) in [6.07, 6.45) is 7.18.